The lowest BCUT2D eigenvalue weighted by molar-refractivity contribution is -0.164. The maximum Gasteiger partial charge on any atom is 0.343 e. The number of carboxylic acid groups (broad SMARTS) is 1. The van der Waals surface area contributed by atoms with Crippen LogP contribution in [0.4, 0.5) is 0 Å². The molecule has 1 heterocycles. The standard InChI is InChI=1S/C21H27NO6/c1-22-9-8-21-7-3-2-4-14(21)16(22)10-12-5-6-13(11-15(12)21)28-20(27)18(24)17(23)19(25)26/h5-6,11,14,16-18,23-24H,2-4,7-10H2,1H3,(H,25,26)/t14-,16+,17?,18?,21+/m0/s1. The molecule has 2 unspecified atom stereocenters. The number of nitrogens with zero attached hydrogens (tertiary/aromatic N) is 1. The Hall–Kier alpha value is -1.96. The average molecular weight is 389 g/mol. The summed E-state index contributed by atoms with van der Waals surface area (Å²) in [5.74, 6) is -1.95. The number of esters is 1. The molecule has 0 amide bonds. The molecule has 1 aliphatic heterocycles. The summed E-state index contributed by atoms with van der Waals surface area (Å²) in [6, 6.07) is 6.11. The Bertz CT molecular complexity index is 795. The third kappa shape index (κ3) is 3.02. The molecule has 1 saturated heterocycles. The normalized spacial score (nSPS) is 31.2. The van der Waals surface area contributed by atoms with E-state index in [2.05, 4.69) is 11.9 Å². The number of ether oxygens (including phenoxy) is 1. The molecule has 2 bridgehead atoms. The van der Waals surface area contributed by atoms with Gasteiger partial charge in [0.2, 0.25) is 0 Å². The lowest BCUT2D eigenvalue weighted by Gasteiger charge is -2.58. The molecule has 0 radical (unpaired) electrons. The van der Waals surface area contributed by atoms with Gasteiger partial charge < -0.3 is 25.0 Å². The van der Waals surface area contributed by atoms with E-state index in [1.807, 2.05) is 12.1 Å². The van der Waals surface area contributed by atoms with Gasteiger partial charge in [0.15, 0.2) is 12.2 Å². The molecule has 1 saturated carbocycles. The first-order valence-corrected chi connectivity index (χ1v) is 9.98. The Kier molecular flexibility index (Phi) is 4.93. The number of aliphatic hydroxyl groups excluding tert-OH is 2. The fraction of sp³-hybridized carbons (Fsp3) is 0.619. The number of carboxylic acids is 1. The van der Waals surface area contributed by atoms with Crippen molar-refractivity contribution < 1.29 is 29.6 Å². The molecule has 7 nitrogen and oxygen atoms in total. The first-order valence-electron chi connectivity index (χ1n) is 9.98. The lowest BCUT2D eigenvalue weighted by atomic mass is 9.52. The minimum Gasteiger partial charge on any atom is -0.479 e. The molecule has 3 N–H and O–H groups in total. The maximum absolute atomic E-state index is 12.1. The fourth-order valence-corrected chi connectivity index (χ4v) is 5.68. The van der Waals surface area contributed by atoms with E-state index in [1.54, 1.807) is 6.07 Å². The van der Waals surface area contributed by atoms with Gasteiger partial charge in [-0.3, -0.25) is 0 Å². The molecule has 4 rings (SSSR count). The van der Waals surface area contributed by atoms with E-state index < -0.39 is 24.1 Å². The number of carbonyl (C=O) groups is 2. The molecule has 28 heavy (non-hydrogen) atoms. The minimum atomic E-state index is -2.21. The second-order valence-electron chi connectivity index (χ2n) is 8.48. The number of likely N-dealkylation sites (N-methyl/N-ethyl adjacent to an activating group) is 1. The van der Waals surface area contributed by atoms with Crippen LogP contribution in [0.25, 0.3) is 0 Å². The van der Waals surface area contributed by atoms with Crippen molar-refractivity contribution in [3.63, 3.8) is 0 Å². The predicted octanol–water partition coefficient (Wildman–Crippen LogP) is 1.09. The van der Waals surface area contributed by atoms with Gasteiger partial charge in [-0.15, -0.1) is 0 Å². The van der Waals surface area contributed by atoms with E-state index in [-0.39, 0.29) is 11.2 Å². The number of piperidine rings is 1. The second kappa shape index (κ2) is 7.13. The third-order valence-corrected chi connectivity index (χ3v) is 7.10. The fourth-order valence-electron chi connectivity index (χ4n) is 5.68. The highest BCUT2D eigenvalue weighted by atomic mass is 16.6. The van der Waals surface area contributed by atoms with Gasteiger partial charge in [-0.2, -0.15) is 0 Å². The van der Waals surface area contributed by atoms with Gasteiger partial charge in [0.25, 0.3) is 0 Å². The molecular formula is C21H27NO6. The van der Waals surface area contributed by atoms with Gasteiger partial charge in [0.05, 0.1) is 0 Å². The van der Waals surface area contributed by atoms with E-state index >= 15 is 0 Å². The van der Waals surface area contributed by atoms with Crippen molar-refractivity contribution in [2.45, 2.75) is 62.2 Å². The van der Waals surface area contributed by atoms with E-state index in [1.165, 1.54) is 30.4 Å². The molecule has 7 heteroatoms. The van der Waals surface area contributed by atoms with Crippen LogP contribution in [0.15, 0.2) is 18.2 Å². The van der Waals surface area contributed by atoms with Crippen LogP contribution < -0.4 is 4.74 Å². The molecule has 1 aromatic carbocycles. The molecule has 0 aromatic heterocycles. The summed E-state index contributed by atoms with van der Waals surface area (Å²) in [5, 5.41) is 27.8. The topological polar surface area (TPSA) is 107 Å². The second-order valence-corrected chi connectivity index (χ2v) is 8.48. The summed E-state index contributed by atoms with van der Waals surface area (Å²) in [4.78, 5) is 25.3. The number of aliphatic hydroxyl groups is 2. The highest BCUT2D eigenvalue weighted by Crippen LogP contribution is 2.55. The molecule has 1 aromatic rings. The van der Waals surface area contributed by atoms with Crippen LogP contribution in [0.1, 0.15) is 43.2 Å². The molecule has 3 aliphatic rings. The van der Waals surface area contributed by atoms with E-state index in [0.29, 0.717) is 12.0 Å². The Morgan fingerprint density at radius 1 is 1.21 bits per heavy atom. The summed E-state index contributed by atoms with van der Waals surface area (Å²) in [6.07, 6.45) is 2.51. The van der Waals surface area contributed by atoms with Gasteiger partial charge >= 0.3 is 11.9 Å². The highest BCUT2D eigenvalue weighted by molar-refractivity contribution is 5.85. The monoisotopic (exact) mass is 389 g/mol. The summed E-state index contributed by atoms with van der Waals surface area (Å²) >= 11 is 0. The molecule has 152 valence electrons. The van der Waals surface area contributed by atoms with Crippen molar-refractivity contribution in [2.75, 3.05) is 13.6 Å². The Morgan fingerprint density at radius 3 is 2.75 bits per heavy atom. The van der Waals surface area contributed by atoms with E-state index in [9.17, 15) is 19.8 Å². The van der Waals surface area contributed by atoms with Crippen LogP contribution in [0.2, 0.25) is 0 Å². The number of rotatable bonds is 4. The number of aliphatic carboxylic acids is 1. The van der Waals surface area contributed by atoms with Crippen molar-refractivity contribution in [1.29, 1.82) is 0 Å². The number of hydrogen-bond acceptors (Lipinski definition) is 6. The van der Waals surface area contributed by atoms with Crippen LogP contribution in [-0.4, -0.2) is 64.0 Å². The maximum atomic E-state index is 12.1. The summed E-state index contributed by atoms with van der Waals surface area (Å²) in [6.45, 7) is 1.05. The molecule has 0 spiro atoms. The zero-order chi connectivity index (χ0) is 20.1. The van der Waals surface area contributed by atoms with Gasteiger partial charge in [0.1, 0.15) is 5.75 Å². The summed E-state index contributed by atoms with van der Waals surface area (Å²) in [5.41, 5.74) is 2.62. The predicted molar refractivity (Wildman–Crippen MR) is 100 cm³/mol. The Balaban J connectivity index is 1.63. The number of benzene rings is 1. The van der Waals surface area contributed by atoms with Crippen molar-refractivity contribution in [3.8, 4) is 5.75 Å². The quantitative estimate of drug-likeness (QED) is 0.523. The van der Waals surface area contributed by atoms with Gasteiger partial charge in [-0.25, -0.2) is 9.59 Å². The van der Waals surface area contributed by atoms with Crippen molar-refractivity contribution in [2.24, 2.45) is 5.92 Å². The number of fused-ring (bicyclic) bond motifs is 1. The molecular weight excluding hydrogens is 362 g/mol. The first kappa shape index (κ1) is 19.4. The van der Waals surface area contributed by atoms with E-state index in [0.717, 1.165) is 25.8 Å². The highest BCUT2D eigenvalue weighted by Gasteiger charge is 2.53. The van der Waals surface area contributed by atoms with Crippen molar-refractivity contribution in [3.05, 3.63) is 29.3 Å². The van der Waals surface area contributed by atoms with E-state index in [4.69, 9.17) is 9.84 Å². The van der Waals surface area contributed by atoms with Crippen LogP contribution in [-0.2, 0) is 21.4 Å². The lowest BCUT2D eigenvalue weighted by Crippen LogP contribution is -2.59. The largest absolute Gasteiger partial charge is 0.479 e. The molecule has 2 aliphatic carbocycles. The number of hydrogen-bond donors (Lipinski definition) is 3. The van der Waals surface area contributed by atoms with Crippen LogP contribution >= 0.6 is 0 Å². The SMILES string of the molecule is CN1CC[C@]23CCCC[C@H]2[C@H]1Cc1ccc(OC(=O)C(O)C(O)C(=O)O)cc13. The number of carbonyl (C=O) groups excluding carboxylic acids is 1. The Labute approximate surface area is 163 Å². The first-order chi connectivity index (χ1) is 13.3. The van der Waals surface area contributed by atoms with Crippen LogP contribution in [0.3, 0.4) is 0 Å². The van der Waals surface area contributed by atoms with Crippen LogP contribution in [0, 0.1) is 5.92 Å². The molecule has 2 fully saturated rings. The van der Waals surface area contributed by atoms with Crippen molar-refractivity contribution in [1.82, 2.24) is 4.90 Å². The van der Waals surface area contributed by atoms with Crippen LogP contribution in [0.5, 0.6) is 5.75 Å². The third-order valence-electron chi connectivity index (χ3n) is 7.10. The smallest absolute Gasteiger partial charge is 0.343 e. The summed E-state index contributed by atoms with van der Waals surface area (Å²) in [7, 11) is 2.21. The van der Waals surface area contributed by atoms with Crippen molar-refractivity contribution >= 4 is 11.9 Å². The Morgan fingerprint density at radius 2 is 2.00 bits per heavy atom. The zero-order valence-corrected chi connectivity index (χ0v) is 16.0. The minimum absolute atomic E-state index is 0.102. The number of likely N-dealkylation sites (tertiary alicyclic amines) is 1. The molecule has 5 atom stereocenters. The van der Waals surface area contributed by atoms with Gasteiger partial charge in [-0.1, -0.05) is 18.9 Å². The average Bonchev–Trinajstić information content (AvgIpc) is 2.69. The zero-order valence-electron chi connectivity index (χ0n) is 16.0. The van der Waals surface area contributed by atoms with Gasteiger partial charge in [0, 0.05) is 11.5 Å². The van der Waals surface area contributed by atoms with Gasteiger partial charge in [-0.05, 0) is 68.5 Å². The summed E-state index contributed by atoms with van der Waals surface area (Å²) < 4.78 is 5.23.